The van der Waals surface area contributed by atoms with Crippen molar-refractivity contribution in [3.05, 3.63) is 0 Å². The largest absolute Gasteiger partial charge is 0.385 e. The number of nitrogens with zero attached hydrogens (tertiary/aromatic N) is 1. The summed E-state index contributed by atoms with van der Waals surface area (Å²) in [6.45, 7) is 10.3. The molecule has 0 atom stereocenters. The summed E-state index contributed by atoms with van der Waals surface area (Å²) in [5, 5.41) is 0. The second-order valence-electron chi connectivity index (χ2n) is 9.48. The van der Waals surface area contributed by atoms with E-state index < -0.39 is 0 Å². The first-order chi connectivity index (χ1) is 11.8. The Balaban J connectivity index is 1.28. The second kappa shape index (κ2) is 7.16. The molecule has 1 amide bonds. The molecule has 144 valence electrons. The van der Waals surface area contributed by atoms with E-state index in [0.29, 0.717) is 11.3 Å². The Hall–Kier alpha value is -0.650. The standard InChI is InChI=1S/C20H35NO4/c1-18(2,3)25-16-10-21(11-16)17(22)20-12-19(13-20,14-20)15-24-9-7-5-6-8-23-4/h16H,5-15H2,1-4H3. The van der Waals surface area contributed by atoms with Gasteiger partial charge in [-0.05, 0) is 64.7 Å². The van der Waals surface area contributed by atoms with Crippen molar-refractivity contribution in [2.75, 3.05) is 40.0 Å². The van der Waals surface area contributed by atoms with Crippen LogP contribution in [0.5, 0.6) is 0 Å². The van der Waals surface area contributed by atoms with Crippen LogP contribution in [0.2, 0.25) is 0 Å². The van der Waals surface area contributed by atoms with Gasteiger partial charge in [0.15, 0.2) is 0 Å². The van der Waals surface area contributed by atoms with Crippen LogP contribution in [0.25, 0.3) is 0 Å². The first-order valence-corrected chi connectivity index (χ1v) is 9.82. The molecule has 0 N–H and O–H groups in total. The summed E-state index contributed by atoms with van der Waals surface area (Å²) in [5.74, 6) is 0.364. The van der Waals surface area contributed by atoms with Gasteiger partial charge in [0.25, 0.3) is 0 Å². The van der Waals surface area contributed by atoms with Crippen molar-refractivity contribution in [2.45, 2.75) is 71.0 Å². The van der Waals surface area contributed by atoms with E-state index in [1.165, 1.54) is 0 Å². The number of carbonyl (C=O) groups excluding carboxylic acids is 1. The highest BCUT2D eigenvalue weighted by Gasteiger charge is 2.72. The molecule has 3 aliphatic carbocycles. The van der Waals surface area contributed by atoms with E-state index in [9.17, 15) is 4.79 Å². The van der Waals surface area contributed by atoms with E-state index in [-0.39, 0.29) is 17.1 Å². The van der Waals surface area contributed by atoms with Gasteiger partial charge in [0.2, 0.25) is 5.91 Å². The van der Waals surface area contributed by atoms with Gasteiger partial charge in [0.05, 0.1) is 23.7 Å². The monoisotopic (exact) mass is 353 g/mol. The molecule has 4 fully saturated rings. The van der Waals surface area contributed by atoms with Gasteiger partial charge in [-0.15, -0.1) is 0 Å². The van der Waals surface area contributed by atoms with Crippen LogP contribution >= 0.6 is 0 Å². The number of likely N-dealkylation sites (tertiary alicyclic amines) is 1. The maximum atomic E-state index is 12.7. The van der Waals surface area contributed by atoms with Crippen molar-refractivity contribution in [3.63, 3.8) is 0 Å². The molecule has 4 rings (SSSR count). The van der Waals surface area contributed by atoms with Gasteiger partial charge < -0.3 is 19.1 Å². The Morgan fingerprint density at radius 3 is 2.32 bits per heavy atom. The van der Waals surface area contributed by atoms with Gasteiger partial charge >= 0.3 is 0 Å². The summed E-state index contributed by atoms with van der Waals surface area (Å²) in [5.41, 5.74) is 0.143. The van der Waals surface area contributed by atoms with E-state index in [1.54, 1.807) is 7.11 Å². The molecule has 0 aromatic heterocycles. The number of unbranched alkanes of at least 4 members (excludes halogenated alkanes) is 2. The van der Waals surface area contributed by atoms with Gasteiger partial charge in [0.1, 0.15) is 0 Å². The molecule has 5 nitrogen and oxygen atoms in total. The second-order valence-corrected chi connectivity index (χ2v) is 9.48. The number of carbonyl (C=O) groups is 1. The van der Waals surface area contributed by atoms with Gasteiger partial charge in [0, 0.05) is 33.4 Å². The van der Waals surface area contributed by atoms with Crippen molar-refractivity contribution in [1.82, 2.24) is 4.90 Å². The lowest BCUT2D eigenvalue weighted by atomic mass is 9.35. The molecule has 1 saturated heterocycles. The van der Waals surface area contributed by atoms with E-state index >= 15 is 0 Å². The zero-order valence-electron chi connectivity index (χ0n) is 16.4. The van der Waals surface area contributed by atoms with Crippen LogP contribution in [0, 0.1) is 10.8 Å². The van der Waals surface area contributed by atoms with Crippen molar-refractivity contribution < 1.29 is 19.0 Å². The summed E-state index contributed by atoms with van der Waals surface area (Å²) >= 11 is 0. The molecule has 0 radical (unpaired) electrons. The van der Waals surface area contributed by atoms with Crippen LogP contribution in [0.3, 0.4) is 0 Å². The maximum absolute atomic E-state index is 12.7. The zero-order chi connectivity index (χ0) is 18.1. The van der Waals surface area contributed by atoms with Crippen LogP contribution in [0.15, 0.2) is 0 Å². The number of amides is 1. The predicted molar refractivity (Wildman–Crippen MR) is 96.5 cm³/mol. The summed E-state index contributed by atoms with van der Waals surface area (Å²) in [6.07, 6.45) is 6.69. The Morgan fingerprint density at radius 1 is 1.08 bits per heavy atom. The lowest BCUT2D eigenvalue weighted by molar-refractivity contribution is -0.241. The number of ether oxygens (including phenoxy) is 3. The van der Waals surface area contributed by atoms with Crippen LogP contribution in [0.1, 0.15) is 59.3 Å². The van der Waals surface area contributed by atoms with E-state index in [4.69, 9.17) is 14.2 Å². The average molecular weight is 354 g/mol. The SMILES string of the molecule is COCCCCCOCC12CC(C(=O)N3CC(OC(C)(C)C)C3)(C1)C2. The highest BCUT2D eigenvalue weighted by Crippen LogP contribution is 2.74. The van der Waals surface area contributed by atoms with Crippen molar-refractivity contribution in [2.24, 2.45) is 10.8 Å². The third kappa shape index (κ3) is 4.20. The maximum Gasteiger partial charge on any atom is 0.229 e. The highest BCUT2D eigenvalue weighted by molar-refractivity contribution is 5.87. The first-order valence-electron chi connectivity index (χ1n) is 9.82. The average Bonchev–Trinajstić information content (AvgIpc) is 2.40. The Labute approximate surface area is 152 Å². The molecular weight excluding hydrogens is 318 g/mol. The minimum Gasteiger partial charge on any atom is -0.385 e. The van der Waals surface area contributed by atoms with E-state index in [2.05, 4.69) is 20.8 Å². The van der Waals surface area contributed by atoms with Crippen molar-refractivity contribution in [1.29, 1.82) is 0 Å². The Bertz CT molecular complexity index is 459. The molecule has 3 saturated carbocycles. The molecule has 1 heterocycles. The first kappa shape index (κ1) is 19.1. The Morgan fingerprint density at radius 2 is 1.72 bits per heavy atom. The minimum atomic E-state index is -0.124. The molecule has 0 unspecified atom stereocenters. The topological polar surface area (TPSA) is 48.0 Å². The van der Waals surface area contributed by atoms with Gasteiger partial charge in [-0.1, -0.05) is 0 Å². The summed E-state index contributed by atoms with van der Waals surface area (Å²) in [6, 6.07) is 0. The summed E-state index contributed by atoms with van der Waals surface area (Å²) < 4.78 is 16.8. The van der Waals surface area contributed by atoms with Crippen LogP contribution in [0.4, 0.5) is 0 Å². The molecule has 2 bridgehead atoms. The van der Waals surface area contributed by atoms with Crippen molar-refractivity contribution in [3.8, 4) is 0 Å². The van der Waals surface area contributed by atoms with E-state index in [0.717, 1.165) is 71.4 Å². The molecular formula is C20H35NO4. The third-order valence-corrected chi connectivity index (χ3v) is 5.79. The lowest BCUT2D eigenvalue weighted by Gasteiger charge is -2.70. The molecule has 4 aliphatic rings. The van der Waals surface area contributed by atoms with Gasteiger partial charge in [-0.25, -0.2) is 0 Å². The molecule has 0 aromatic rings. The molecule has 5 heteroatoms. The van der Waals surface area contributed by atoms with Crippen LogP contribution in [-0.2, 0) is 19.0 Å². The van der Waals surface area contributed by atoms with Crippen LogP contribution < -0.4 is 0 Å². The minimum absolute atomic E-state index is 0.0471. The van der Waals surface area contributed by atoms with E-state index in [1.807, 2.05) is 4.90 Å². The number of rotatable bonds is 10. The predicted octanol–water partition coefficient (Wildman–Crippen LogP) is 3.02. The lowest BCUT2D eigenvalue weighted by Crippen LogP contribution is -2.72. The summed E-state index contributed by atoms with van der Waals surface area (Å²) in [7, 11) is 1.74. The number of hydrogen-bond acceptors (Lipinski definition) is 4. The Kier molecular flexibility index (Phi) is 5.48. The number of methoxy groups -OCH3 is 1. The smallest absolute Gasteiger partial charge is 0.229 e. The summed E-state index contributed by atoms with van der Waals surface area (Å²) in [4.78, 5) is 14.7. The van der Waals surface area contributed by atoms with Crippen LogP contribution in [-0.4, -0.2) is 62.5 Å². The zero-order valence-corrected chi connectivity index (χ0v) is 16.4. The number of hydrogen-bond donors (Lipinski definition) is 0. The normalized spacial score (nSPS) is 31.3. The fraction of sp³-hybridized carbons (Fsp3) is 0.950. The van der Waals surface area contributed by atoms with Gasteiger partial charge in [-0.2, -0.15) is 0 Å². The molecule has 0 spiro atoms. The van der Waals surface area contributed by atoms with Crippen molar-refractivity contribution >= 4 is 5.91 Å². The molecule has 0 aromatic carbocycles. The van der Waals surface area contributed by atoms with Gasteiger partial charge in [-0.3, -0.25) is 4.79 Å². The third-order valence-electron chi connectivity index (χ3n) is 5.79. The highest BCUT2D eigenvalue weighted by atomic mass is 16.5. The quantitative estimate of drug-likeness (QED) is 0.567. The fourth-order valence-corrected chi connectivity index (χ4v) is 4.81. The fourth-order valence-electron chi connectivity index (χ4n) is 4.81. The molecule has 25 heavy (non-hydrogen) atoms. The molecule has 1 aliphatic heterocycles.